The van der Waals surface area contributed by atoms with Crippen LogP contribution in [0.15, 0.2) is 18.5 Å². The maximum Gasteiger partial charge on any atom is 0.321 e. The number of urea groups is 1. The Balaban J connectivity index is 1.78. The monoisotopic (exact) mass is 300 g/mol. The predicted molar refractivity (Wildman–Crippen MR) is 78.7 cm³/mol. The van der Waals surface area contributed by atoms with E-state index in [-0.39, 0.29) is 12.5 Å². The van der Waals surface area contributed by atoms with E-state index < -0.39 is 11.9 Å². The molecule has 2 aromatic rings. The van der Waals surface area contributed by atoms with Gasteiger partial charge in [0.05, 0.1) is 17.3 Å². The van der Waals surface area contributed by atoms with E-state index in [1.807, 2.05) is 6.07 Å². The smallest absolute Gasteiger partial charge is 0.321 e. The molecule has 0 saturated carbocycles. The number of hydrogen-bond acceptors (Lipinski definition) is 5. The van der Waals surface area contributed by atoms with Gasteiger partial charge in [0, 0.05) is 32.0 Å². The number of fused-ring (bicyclic) bond motifs is 1. The number of aromatic nitrogens is 3. The zero-order valence-electron chi connectivity index (χ0n) is 12.0. The number of amides is 3. The van der Waals surface area contributed by atoms with Crippen LogP contribution in [-0.4, -0.2) is 46.2 Å². The lowest BCUT2D eigenvalue weighted by molar-refractivity contribution is -0.122. The molecule has 2 N–H and O–H groups in total. The number of nitrogens with one attached hydrogen (secondary N) is 2. The third-order valence-electron chi connectivity index (χ3n) is 4.18. The largest absolute Gasteiger partial charge is 0.368 e. The van der Waals surface area contributed by atoms with Crippen LogP contribution in [0.2, 0.25) is 0 Å². The maximum atomic E-state index is 12.1. The summed E-state index contributed by atoms with van der Waals surface area (Å²) in [4.78, 5) is 29.9. The van der Waals surface area contributed by atoms with Crippen LogP contribution in [0.3, 0.4) is 0 Å². The fraction of sp³-hybridized carbons (Fsp3) is 0.429. The number of anilines is 1. The highest BCUT2D eigenvalue weighted by atomic mass is 16.2. The lowest BCUT2D eigenvalue weighted by Gasteiger charge is -2.24. The van der Waals surface area contributed by atoms with Crippen molar-refractivity contribution in [2.24, 2.45) is 0 Å². The van der Waals surface area contributed by atoms with E-state index >= 15 is 0 Å². The van der Waals surface area contributed by atoms with Crippen LogP contribution in [-0.2, 0) is 4.79 Å². The van der Waals surface area contributed by atoms with Crippen molar-refractivity contribution in [2.75, 3.05) is 24.5 Å². The molecule has 1 atom stereocenters. The summed E-state index contributed by atoms with van der Waals surface area (Å²) in [6.45, 7) is 2.23. The SMILES string of the molecule is O=C1NCC(c2cc(N3CCCC3)c3nccn3n2)C(=O)N1. The van der Waals surface area contributed by atoms with Gasteiger partial charge in [-0.3, -0.25) is 10.1 Å². The Kier molecular flexibility index (Phi) is 2.95. The topological polar surface area (TPSA) is 91.6 Å². The Hall–Kier alpha value is -2.64. The first-order chi connectivity index (χ1) is 10.7. The fourth-order valence-corrected chi connectivity index (χ4v) is 3.05. The van der Waals surface area contributed by atoms with Crippen LogP contribution in [0.1, 0.15) is 24.5 Å². The average Bonchev–Trinajstić information content (AvgIpc) is 3.17. The first-order valence-corrected chi connectivity index (χ1v) is 7.40. The molecule has 0 radical (unpaired) electrons. The molecule has 2 saturated heterocycles. The zero-order valence-corrected chi connectivity index (χ0v) is 12.0. The quantitative estimate of drug-likeness (QED) is 0.829. The van der Waals surface area contributed by atoms with E-state index in [9.17, 15) is 9.59 Å². The second kappa shape index (κ2) is 4.97. The normalized spacial score (nSPS) is 22.0. The van der Waals surface area contributed by atoms with Crippen molar-refractivity contribution < 1.29 is 9.59 Å². The van der Waals surface area contributed by atoms with Crippen molar-refractivity contribution in [3.8, 4) is 0 Å². The number of rotatable bonds is 2. The van der Waals surface area contributed by atoms with Gasteiger partial charge in [-0.15, -0.1) is 0 Å². The molecule has 2 aliphatic rings. The Bertz CT molecular complexity index is 749. The third kappa shape index (κ3) is 2.07. The predicted octanol–water partition coefficient (Wildman–Crippen LogP) is 0.252. The van der Waals surface area contributed by atoms with Gasteiger partial charge in [-0.1, -0.05) is 0 Å². The maximum absolute atomic E-state index is 12.1. The van der Waals surface area contributed by atoms with Crippen molar-refractivity contribution in [2.45, 2.75) is 18.8 Å². The summed E-state index contributed by atoms with van der Waals surface area (Å²) in [6.07, 6.45) is 5.79. The van der Waals surface area contributed by atoms with Gasteiger partial charge >= 0.3 is 6.03 Å². The minimum atomic E-state index is -0.481. The molecule has 114 valence electrons. The van der Waals surface area contributed by atoms with Gasteiger partial charge in [0.1, 0.15) is 0 Å². The summed E-state index contributed by atoms with van der Waals surface area (Å²) in [5.41, 5.74) is 2.44. The Morgan fingerprint density at radius 2 is 2.05 bits per heavy atom. The molecule has 2 aromatic heterocycles. The fourth-order valence-electron chi connectivity index (χ4n) is 3.05. The van der Waals surface area contributed by atoms with Crippen LogP contribution in [0.4, 0.5) is 10.5 Å². The van der Waals surface area contributed by atoms with E-state index in [0.717, 1.165) is 37.3 Å². The zero-order chi connectivity index (χ0) is 15.1. The molecule has 4 heterocycles. The summed E-state index contributed by atoms with van der Waals surface area (Å²) in [5.74, 6) is -0.797. The molecule has 0 bridgehead atoms. The van der Waals surface area contributed by atoms with E-state index in [4.69, 9.17) is 0 Å². The molecular formula is C14H16N6O2. The molecule has 4 rings (SSSR count). The minimum Gasteiger partial charge on any atom is -0.368 e. The number of nitrogens with zero attached hydrogens (tertiary/aromatic N) is 4. The molecule has 0 spiro atoms. The molecule has 0 aromatic carbocycles. The molecule has 8 heteroatoms. The lowest BCUT2D eigenvalue weighted by Crippen LogP contribution is -2.51. The van der Waals surface area contributed by atoms with Crippen LogP contribution in [0.25, 0.3) is 5.65 Å². The molecule has 2 aliphatic heterocycles. The summed E-state index contributed by atoms with van der Waals surface area (Å²) >= 11 is 0. The van der Waals surface area contributed by atoms with Crippen molar-refractivity contribution in [1.82, 2.24) is 25.2 Å². The molecule has 0 aliphatic carbocycles. The Morgan fingerprint density at radius 3 is 2.82 bits per heavy atom. The van der Waals surface area contributed by atoms with Crippen molar-refractivity contribution in [3.63, 3.8) is 0 Å². The van der Waals surface area contributed by atoms with Crippen LogP contribution in [0, 0.1) is 0 Å². The van der Waals surface area contributed by atoms with Gasteiger partial charge in [-0.05, 0) is 18.9 Å². The summed E-state index contributed by atoms with van der Waals surface area (Å²) < 4.78 is 1.70. The first kappa shape index (κ1) is 13.1. The summed E-state index contributed by atoms with van der Waals surface area (Å²) in [5, 5.41) is 9.42. The standard InChI is InChI=1S/C14H16N6O2/c21-13-9(8-16-14(22)17-13)10-7-11(19-4-1-2-5-19)12-15-3-6-20(12)18-10/h3,6-7,9H,1-2,4-5,8H2,(H2,16,17,21,22). The highest BCUT2D eigenvalue weighted by Gasteiger charge is 2.30. The molecule has 2 fully saturated rings. The molecule has 22 heavy (non-hydrogen) atoms. The highest BCUT2D eigenvalue weighted by molar-refractivity contribution is 6.00. The van der Waals surface area contributed by atoms with Crippen molar-refractivity contribution in [3.05, 3.63) is 24.2 Å². The summed E-state index contributed by atoms with van der Waals surface area (Å²) in [6, 6.07) is 1.47. The molecule has 8 nitrogen and oxygen atoms in total. The van der Waals surface area contributed by atoms with Crippen LogP contribution >= 0.6 is 0 Å². The number of imidazole rings is 1. The van der Waals surface area contributed by atoms with Gasteiger partial charge in [-0.25, -0.2) is 14.3 Å². The van der Waals surface area contributed by atoms with Crippen LogP contribution in [0.5, 0.6) is 0 Å². The van der Waals surface area contributed by atoms with E-state index in [0.29, 0.717) is 5.69 Å². The second-order valence-corrected chi connectivity index (χ2v) is 5.60. The highest BCUT2D eigenvalue weighted by Crippen LogP contribution is 2.27. The van der Waals surface area contributed by atoms with Gasteiger partial charge in [-0.2, -0.15) is 5.10 Å². The number of carbonyl (C=O) groups is 2. The first-order valence-electron chi connectivity index (χ1n) is 7.40. The average molecular weight is 300 g/mol. The Labute approximate surface area is 126 Å². The molecule has 3 amide bonds. The van der Waals surface area contributed by atoms with Gasteiger partial charge < -0.3 is 10.2 Å². The van der Waals surface area contributed by atoms with E-state index in [2.05, 4.69) is 25.6 Å². The minimum absolute atomic E-state index is 0.261. The van der Waals surface area contributed by atoms with Gasteiger partial charge in [0.15, 0.2) is 5.65 Å². The second-order valence-electron chi connectivity index (χ2n) is 5.60. The van der Waals surface area contributed by atoms with Crippen molar-refractivity contribution in [1.29, 1.82) is 0 Å². The Morgan fingerprint density at radius 1 is 1.23 bits per heavy atom. The van der Waals surface area contributed by atoms with E-state index in [1.54, 1.807) is 16.9 Å². The molecular weight excluding hydrogens is 284 g/mol. The summed E-state index contributed by atoms with van der Waals surface area (Å²) in [7, 11) is 0. The lowest BCUT2D eigenvalue weighted by atomic mass is 10.0. The van der Waals surface area contributed by atoms with Crippen molar-refractivity contribution >= 4 is 23.3 Å². The number of imide groups is 1. The number of carbonyl (C=O) groups excluding carboxylic acids is 2. The third-order valence-corrected chi connectivity index (χ3v) is 4.18. The number of hydrogen-bond donors (Lipinski definition) is 2. The van der Waals surface area contributed by atoms with Gasteiger partial charge in [0.25, 0.3) is 0 Å². The van der Waals surface area contributed by atoms with Gasteiger partial charge in [0.2, 0.25) is 5.91 Å². The van der Waals surface area contributed by atoms with E-state index in [1.165, 1.54) is 0 Å². The van der Waals surface area contributed by atoms with Crippen LogP contribution < -0.4 is 15.5 Å². The molecule has 1 unspecified atom stereocenters.